The lowest BCUT2D eigenvalue weighted by Crippen LogP contribution is -2.30. The highest BCUT2D eigenvalue weighted by atomic mass is 35.5. The number of carbonyl (C=O) groups excluding carboxylic acids is 2. The summed E-state index contributed by atoms with van der Waals surface area (Å²) in [6, 6.07) is 13.6. The molecule has 0 aliphatic rings. The Morgan fingerprint density at radius 1 is 0.920 bits per heavy atom. The van der Waals surface area contributed by atoms with E-state index in [0.717, 1.165) is 0 Å². The number of esters is 1. The maximum atomic E-state index is 12.4. The van der Waals surface area contributed by atoms with Crippen LogP contribution in [0.4, 0.5) is 0 Å². The Morgan fingerprint density at radius 3 is 1.96 bits per heavy atom. The molecule has 25 heavy (non-hydrogen) atoms. The lowest BCUT2D eigenvalue weighted by Gasteiger charge is -2.21. The summed E-state index contributed by atoms with van der Waals surface area (Å²) in [5.41, 5.74) is 1.14. The minimum Gasteiger partial charge on any atom is -0.487 e. The summed E-state index contributed by atoms with van der Waals surface area (Å²) in [6.45, 7) is 5.37. The number of benzene rings is 2. The first-order valence-electron chi connectivity index (χ1n) is 8.17. The molecule has 0 radical (unpaired) electrons. The molecule has 0 bridgehead atoms. The lowest BCUT2D eigenvalue weighted by atomic mass is 10.0. The first-order valence-corrected chi connectivity index (χ1v) is 8.55. The third kappa shape index (κ3) is 5.33. The van der Waals surface area contributed by atoms with E-state index in [4.69, 9.17) is 21.1 Å². The summed E-state index contributed by atoms with van der Waals surface area (Å²) in [6.07, 6.45) is -0.324. The molecular weight excluding hydrogens is 340 g/mol. The van der Waals surface area contributed by atoms with E-state index in [1.165, 1.54) is 0 Å². The van der Waals surface area contributed by atoms with Gasteiger partial charge >= 0.3 is 5.97 Å². The fourth-order valence-corrected chi connectivity index (χ4v) is 2.28. The smallest absolute Gasteiger partial charge is 0.305 e. The fourth-order valence-electron chi connectivity index (χ4n) is 2.15. The number of hydrogen-bond donors (Lipinski definition) is 0. The third-order valence-electron chi connectivity index (χ3n) is 3.81. The van der Waals surface area contributed by atoms with Gasteiger partial charge in [-0.3, -0.25) is 9.59 Å². The fraction of sp³-hybridized carbons (Fsp3) is 0.300. The minimum absolute atomic E-state index is 0.0819. The molecule has 0 aromatic heterocycles. The highest BCUT2D eigenvalue weighted by Gasteiger charge is 2.18. The van der Waals surface area contributed by atoms with Gasteiger partial charge in [0.2, 0.25) is 0 Å². The van der Waals surface area contributed by atoms with Crippen LogP contribution in [0.2, 0.25) is 5.02 Å². The van der Waals surface area contributed by atoms with Gasteiger partial charge in [-0.25, -0.2) is 0 Å². The van der Waals surface area contributed by atoms with Crippen LogP contribution in [0.25, 0.3) is 0 Å². The molecule has 2 aromatic rings. The number of carbonyl (C=O) groups is 2. The van der Waals surface area contributed by atoms with Crippen LogP contribution in [-0.2, 0) is 9.53 Å². The Kier molecular flexibility index (Phi) is 6.59. The molecule has 0 aliphatic heterocycles. The highest BCUT2D eigenvalue weighted by molar-refractivity contribution is 6.30. The molecule has 132 valence electrons. The van der Waals surface area contributed by atoms with Crippen LogP contribution in [0.3, 0.4) is 0 Å². The molecule has 0 amide bonds. The van der Waals surface area contributed by atoms with E-state index in [-0.39, 0.29) is 24.0 Å². The number of ketones is 1. The van der Waals surface area contributed by atoms with Crippen molar-refractivity contribution in [1.29, 1.82) is 0 Å². The van der Waals surface area contributed by atoms with E-state index in [0.29, 0.717) is 28.3 Å². The summed E-state index contributed by atoms with van der Waals surface area (Å²) in [4.78, 5) is 23.7. The molecule has 0 N–H and O–H groups in total. The summed E-state index contributed by atoms with van der Waals surface area (Å²) < 4.78 is 11.0. The predicted octanol–water partition coefficient (Wildman–Crippen LogP) is 4.68. The van der Waals surface area contributed by atoms with Crippen molar-refractivity contribution < 1.29 is 19.1 Å². The van der Waals surface area contributed by atoms with Crippen molar-refractivity contribution in [3.05, 3.63) is 64.7 Å². The average molecular weight is 361 g/mol. The van der Waals surface area contributed by atoms with E-state index >= 15 is 0 Å². The molecule has 0 saturated carbocycles. The Hall–Kier alpha value is -2.33. The molecule has 2 rings (SSSR count). The van der Waals surface area contributed by atoms with Gasteiger partial charge in [0, 0.05) is 22.6 Å². The number of halogens is 1. The lowest BCUT2D eigenvalue weighted by molar-refractivity contribution is -0.151. The van der Waals surface area contributed by atoms with Gasteiger partial charge in [-0.15, -0.1) is 0 Å². The second kappa shape index (κ2) is 8.67. The largest absolute Gasteiger partial charge is 0.487 e. The van der Waals surface area contributed by atoms with Crippen molar-refractivity contribution in [1.82, 2.24) is 0 Å². The summed E-state index contributed by atoms with van der Waals surface area (Å²) in [5, 5.41) is 0.590. The van der Waals surface area contributed by atoms with Crippen LogP contribution in [-0.4, -0.2) is 24.0 Å². The van der Waals surface area contributed by atoms with Crippen molar-refractivity contribution in [2.45, 2.75) is 39.4 Å². The Balaban J connectivity index is 2.00. The summed E-state index contributed by atoms with van der Waals surface area (Å²) >= 11 is 5.84. The number of ether oxygens (including phenoxy) is 2. The van der Waals surface area contributed by atoms with Crippen LogP contribution in [0.15, 0.2) is 48.5 Å². The molecule has 0 fully saturated rings. The van der Waals surface area contributed by atoms with Gasteiger partial charge in [0.05, 0.1) is 0 Å². The Bertz CT molecular complexity index is 722. The van der Waals surface area contributed by atoms with Gasteiger partial charge in [0.15, 0.2) is 5.78 Å². The standard InChI is InChI=1S/C20H21ClO4/c1-4-19(22)25-14(3)13(2)24-18-11-7-16(8-12-18)20(23)15-5-9-17(21)10-6-15/h5-14H,4H2,1-3H3. The molecule has 0 spiro atoms. The highest BCUT2D eigenvalue weighted by Crippen LogP contribution is 2.19. The molecule has 2 atom stereocenters. The van der Waals surface area contributed by atoms with Crippen LogP contribution >= 0.6 is 11.6 Å². The van der Waals surface area contributed by atoms with Crippen LogP contribution < -0.4 is 4.74 Å². The first-order chi connectivity index (χ1) is 11.9. The Morgan fingerprint density at radius 2 is 1.44 bits per heavy atom. The SMILES string of the molecule is CCC(=O)OC(C)C(C)Oc1ccc(C(=O)c2ccc(Cl)cc2)cc1. The molecule has 4 nitrogen and oxygen atoms in total. The molecule has 5 heteroatoms. The normalized spacial score (nSPS) is 13.0. The van der Waals surface area contributed by atoms with Crippen LogP contribution in [0.5, 0.6) is 5.75 Å². The van der Waals surface area contributed by atoms with E-state index in [1.54, 1.807) is 62.4 Å². The minimum atomic E-state index is -0.358. The molecule has 0 aliphatic carbocycles. The second-order valence-corrected chi connectivity index (χ2v) is 6.17. The molecule has 2 aromatic carbocycles. The summed E-state index contributed by atoms with van der Waals surface area (Å²) in [7, 11) is 0. The summed E-state index contributed by atoms with van der Waals surface area (Å²) in [5.74, 6) is 0.271. The van der Waals surface area contributed by atoms with E-state index in [1.807, 2.05) is 6.92 Å². The van der Waals surface area contributed by atoms with Gasteiger partial charge in [-0.2, -0.15) is 0 Å². The van der Waals surface area contributed by atoms with Crippen molar-refractivity contribution >= 4 is 23.4 Å². The monoisotopic (exact) mass is 360 g/mol. The topological polar surface area (TPSA) is 52.6 Å². The zero-order chi connectivity index (χ0) is 18.4. The van der Waals surface area contributed by atoms with Crippen LogP contribution in [0, 0.1) is 0 Å². The van der Waals surface area contributed by atoms with Gasteiger partial charge < -0.3 is 9.47 Å². The maximum absolute atomic E-state index is 12.4. The van der Waals surface area contributed by atoms with E-state index in [9.17, 15) is 9.59 Å². The Labute approximate surface area is 152 Å². The third-order valence-corrected chi connectivity index (χ3v) is 4.06. The average Bonchev–Trinajstić information content (AvgIpc) is 2.62. The zero-order valence-electron chi connectivity index (χ0n) is 14.5. The van der Waals surface area contributed by atoms with Crippen molar-refractivity contribution in [2.75, 3.05) is 0 Å². The second-order valence-electron chi connectivity index (χ2n) is 5.73. The van der Waals surface area contributed by atoms with Gasteiger partial charge in [0.1, 0.15) is 18.0 Å². The number of hydrogen-bond acceptors (Lipinski definition) is 4. The van der Waals surface area contributed by atoms with Gasteiger partial charge in [0.25, 0.3) is 0 Å². The molecular formula is C20H21ClO4. The molecule has 0 saturated heterocycles. The van der Waals surface area contributed by atoms with Crippen molar-refractivity contribution in [3.63, 3.8) is 0 Å². The first kappa shape index (κ1) is 19.0. The zero-order valence-corrected chi connectivity index (χ0v) is 15.2. The van der Waals surface area contributed by atoms with Gasteiger partial charge in [-0.1, -0.05) is 18.5 Å². The molecule has 0 heterocycles. The van der Waals surface area contributed by atoms with E-state index in [2.05, 4.69) is 0 Å². The molecule has 2 unspecified atom stereocenters. The quantitative estimate of drug-likeness (QED) is 0.531. The van der Waals surface area contributed by atoms with Crippen molar-refractivity contribution in [2.24, 2.45) is 0 Å². The number of rotatable bonds is 7. The van der Waals surface area contributed by atoms with E-state index < -0.39 is 0 Å². The van der Waals surface area contributed by atoms with Gasteiger partial charge in [-0.05, 0) is 62.4 Å². The van der Waals surface area contributed by atoms with Crippen LogP contribution in [0.1, 0.15) is 43.1 Å². The van der Waals surface area contributed by atoms with Crippen molar-refractivity contribution in [3.8, 4) is 5.75 Å². The maximum Gasteiger partial charge on any atom is 0.305 e. The predicted molar refractivity (Wildman–Crippen MR) is 97.3 cm³/mol.